The first-order chi connectivity index (χ1) is 18.1. The fourth-order valence-electron chi connectivity index (χ4n) is 5.66. The molecule has 8 heteroatoms. The van der Waals surface area contributed by atoms with Crippen LogP contribution in [0.4, 0.5) is 9.18 Å². The molecular formula is C30H50FN3O4. The van der Waals surface area contributed by atoms with E-state index >= 15 is 4.39 Å². The number of carbonyl (C=O) groups is 1. The maximum absolute atomic E-state index is 15.1. The van der Waals surface area contributed by atoms with Crippen molar-refractivity contribution in [1.29, 1.82) is 0 Å². The van der Waals surface area contributed by atoms with Crippen LogP contribution in [0.5, 0.6) is 5.75 Å². The van der Waals surface area contributed by atoms with Crippen LogP contribution in [0.15, 0.2) is 18.2 Å². The largest absolute Gasteiger partial charge is 0.490 e. The number of ether oxygens (including phenoxy) is 2. The molecule has 0 bridgehead atoms. The van der Waals surface area contributed by atoms with E-state index in [0.29, 0.717) is 50.8 Å². The van der Waals surface area contributed by atoms with Crippen molar-refractivity contribution in [3.63, 3.8) is 0 Å². The molecule has 216 valence electrons. The molecule has 38 heavy (non-hydrogen) atoms. The predicted octanol–water partition coefficient (Wildman–Crippen LogP) is 5.06. The van der Waals surface area contributed by atoms with Crippen LogP contribution in [0.1, 0.15) is 77.7 Å². The molecule has 7 nitrogen and oxygen atoms in total. The van der Waals surface area contributed by atoms with Crippen LogP contribution in [-0.4, -0.2) is 69.1 Å². The van der Waals surface area contributed by atoms with Crippen LogP contribution in [-0.2, 0) is 10.3 Å². The van der Waals surface area contributed by atoms with Crippen LogP contribution >= 0.6 is 0 Å². The number of hydrogen-bond donors (Lipinski definition) is 3. The van der Waals surface area contributed by atoms with Crippen molar-refractivity contribution in [2.45, 2.75) is 83.8 Å². The van der Waals surface area contributed by atoms with E-state index in [1.807, 2.05) is 11.9 Å². The number of para-hydroxylation sites is 1. The summed E-state index contributed by atoms with van der Waals surface area (Å²) < 4.78 is 26.3. The van der Waals surface area contributed by atoms with Gasteiger partial charge in [-0.1, -0.05) is 32.9 Å². The van der Waals surface area contributed by atoms with Gasteiger partial charge in [-0.3, -0.25) is 0 Å². The molecule has 2 fully saturated rings. The molecule has 2 unspecified atom stereocenters. The Labute approximate surface area is 228 Å². The summed E-state index contributed by atoms with van der Waals surface area (Å²) in [6.07, 6.45) is 6.55. The molecule has 1 aliphatic heterocycles. The summed E-state index contributed by atoms with van der Waals surface area (Å²) in [7, 11) is 3.56. The maximum atomic E-state index is 15.1. The van der Waals surface area contributed by atoms with Crippen molar-refractivity contribution in [2.24, 2.45) is 17.3 Å². The number of aliphatic hydroxyl groups is 1. The van der Waals surface area contributed by atoms with Gasteiger partial charge in [0.2, 0.25) is 0 Å². The van der Waals surface area contributed by atoms with Gasteiger partial charge in [0.05, 0.1) is 12.2 Å². The number of rotatable bonds is 14. The Bertz CT molecular complexity index is 889. The SMILES string of the molecule is CNCC(CC(C)(C)C)NC(=O)N1CCC[C@@H](C(O)(CCCCOC)c2cccc(F)c2OCC2CC2)C1. The van der Waals surface area contributed by atoms with Gasteiger partial charge in [-0.2, -0.15) is 0 Å². The van der Waals surface area contributed by atoms with Gasteiger partial charge in [-0.15, -0.1) is 0 Å². The number of amides is 2. The smallest absolute Gasteiger partial charge is 0.317 e. The monoisotopic (exact) mass is 535 g/mol. The second-order valence-corrected chi connectivity index (χ2v) is 12.5. The first kappa shape index (κ1) is 30.6. The van der Waals surface area contributed by atoms with E-state index < -0.39 is 11.4 Å². The fraction of sp³-hybridized carbons (Fsp3) is 0.767. The van der Waals surface area contributed by atoms with Crippen molar-refractivity contribution in [1.82, 2.24) is 15.5 Å². The van der Waals surface area contributed by atoms with E-state index in [9.17, 15) is 9.90 Å². The molecular weight excluding hydrogens is 485 g/mol. The number of likely N-dealkylation sites (tertiary alicyclic amines) is 1. The molecule has 0 spiro atoms. The van der Waals surface area contributed by atoms with E-state index in [2.05, 4.69) is 31.4 Å². The maximum Gasteiger partial charge on any atom is 0.317 e. The van der Waals surface area contributed by atoms with E-state index in [0.717, 1.165) is 44.9 Å². The van der Waals surface area contributed by atoms with Gasteiger partial charge in [-0.25, -0.2) is 9.18 Å². The van der Waals surface area contributed by atoms with Crippen LogP contribution in [0.2, 0.25) is 0 Å². The molecule has 3 atom stereocenters. The number of carbonyl (C=O) groups excluding carboxylic acids is 1. The summed E-state index contributed by atoms with van der Waals surface area (Å²) >= 11 is 0. The molecule has 1 aromatic carbocycles. The minimum absolute atomic E-state index is 0.00597. The van der Waals surface area contributed by atoms with Crippen LogP contribution in [0.3, 0.4) is 0 Å². The molecule has 2 amide bonds. The number of likely N-dealkylation sites (N-methyl/N-ethyl adjacent to an activating group) is 1. The highest BCUT2D eigenvalue weighted by Gasteiger charge is 2.44. The second kappa shape index (κ2) is 13.9. The van der Waals surface area contributed by atoms with Gasteiger partial charge >= 0.3 is 6.03 Å². The first-order valence-electron chi connectivity index (χ1n) is 14.4. The first-order valence-corrected chi connectivity index (χ1v) is 14.4. The lowest BCUT2D eigenvalue weighted by Gasteiger charge is -2.43. The van der Waals surface area contributed by atoms with Crippen LogP contribution in [0, 0.1) is 23.1 Å². The molecule has 3 rings (SSSR count). The highest BCUT2D eigenvalue weighted by Crippen LogP contribution is 2.45. The highest BCUT2D eigenvalue weighted by atomic mass is 19.1. The summed E-state index contributed by atoms with van der Waals surface area (Å²) in [4.78, 5) is 15.2. The molecule has 0 aromatic heterocycles. The molecule has 1 aromatic rings. The predicted molar refractivity (Wildman–Crippen MR) is 149 cm³/mol. The normalized spacial score (nSPS) is 20.6. The van der Waals surface area contributed by atoms with E-state index in [1.54, 1.807) is 19.2 Å². The number of unbranched alkanes of at least 4 members (excludes halogenated alkanes) is 1. The van der Waals surface area contributed by atoms with E-state index in [1.165, 1.54) is 6.07 Å². The zero-order valence-electron chi connectivity index (χ0n) is 24.2. The van der Waals surface area contributed by atoms with Crippen molar-refractivity contribution in [3.8, 4) is 5.75 Å². The average Bonchev–Trinajstić information content (AvgIpc) is 3.69. The third-order valence-electron chi connectivity index (χ3n) is 7.77. The van der Waals surface area contributed by atoms with Crippen molar-refractivity contribution < 1.29 is 23.8 Å². The zero-order valence-corrected chi connectivity index (χ0v) is 24.2. The lowest BCUT2D eigenvalue weighted by molar-refractivity contribution is -0.0584. The van der Waals surface area contributed by atoms with Gasteiger partial charge in [0, 0.05) is 50.9 Å². The van der Waals surface area contributed by atoms with Crippen LogP contribution < -0.4 is 15.4 Å². The Morgan fingerprint density at radius 2 is 2.00 bits per heavy atom. The number of halogens is 1. The minimum atomic E-state index is -1.32. The highest BCUT2D eigenvalue weighted by molar-refractivity contribution is 5.74. The Hall–Kier alpha value is -1.90. The zero-order chi connectivity index (χ0) is 27.8. The third-order valence-corrected chi connectivity index (χ3v) is 7.77. The summed E-state index contributed by atoms with van der Waals surface area (Å²) in [6, 6.07) is 4.75. The van der Waals surface area contributed by atoms with Crippen molar-refractivity contribution >= 4 is 6.03 Å². The Morgan fingerprint density at radius 1 is 1.24 bits per heavy atom. The van der Waals surface area contributed by atoms with Crippen LogP contribution in [0.25, 0.3) is 0 Å². The molecule has 1 saturated carbocycles. The van der Waals surface area contributed by atoms with E-state index in [4.69, 9.17) is 9.47 Å². The summed E-state index contributed by atoms with van der Waals surface area (Å²) in [5.41, 5.74) is -0.733. The lowest BCUT2D eigenvalue weighted by Crippen LogP contribution is -2.54. The molecule has 1 heterocycles. The van der Waals surface area contributed by atoms with Gasteiger partial charge in [0.1, 0.15) is 0 Å². The van der Waals surface area contributed by atoms with E-state index in [-0.39, 0.29) is 29.2 Å². The summed E-state index contributed by atoms with van der Waals surface area (Å²) in [5.74, 6) is -0.0554. The number of nitrogens with one attached hydrogen (secondary N) is 2. The Balaban J connectivity index is 1.82. The quantitative estimate of drug-likeness (QED) is 0.290. The average molecular weight is 536 g/mol. The molecule has 1 saturated heterocycles. The van der Waals surface area contributed by atoms with Gasteiger partial charge in [0.15, 0.2) is 11.6 Å². The van der Waals surface area contributed by atoms with Crippen molar-refractivity contribution in [3.05, 3.63) is 29.6 Å². The number of hydrogen-bond acceptors (Lipinski definition) is 5. The fourth-order valence-corrected chi connectivity index (χ4v) is 5.66. The standard InChI is InChI=1S/C30H50FN3O4/c1-29(2,3)18-24(19-32-4)33-28(35)34-16-9-10-23(20-34)30(36,15-6-7-17-37-5)25-11-8-12-26(31)27(25)38-21-22-13-14-22/h8,11-12,22-24,32,36H,6-7,9-10,13-21H2,1-5H3,(H,33,35)/t23-,24?,30?/m1/s1. The molecule has 3 N–H and O–H groups in total. The minimum Gasteiger partial charge on any atom is -0.490 e. The second-order valence-electron chi connectivity index (χ2n) is 12.5. The Kier molecular flexibility index (Phi) is 11.2. The number of benzene rings is 1. The molecule has 2 aliphatic rings. The summed E-state index contributed by atoms with van der Waals surface area (Å²) in [6.45, 7) is 9.32. The molecule has 0 radical (unpaired) electrons. The third kappa shape index (κ3) is 8.82. The van der Waals surface area contributed by atoms with Crippen molar-refractivity contribution in [2.75, 3.05) is 47.0 Å². The number of urea groups is 1. The van der Waals surface area contributed by atoms with Gasteiger partial charge in [0.25, 0.3) is 0 Å². The Morgan fingerprint density at radius 3 is 2.66 bits per heavy atom. The number of nitrogens with zero attached hydrogens (tertiary/aromatic N) is 1. The lowest BCUT2D eigenvalue weighted by atomic mass is 9.73. The number of methoxy groups -OCH3 is 1. The molecule has 1 aliphatic carbocycles. The number of piperidine rings is 1. The van der Waals surface area contributed by atoms with Gasteiger partial charge in [-0.05, 0) is 75.8 Å². The summed E-state index contributed by atoms with van der Waals surface area (Å²) in [5, 5.41) is 18.8. The topological polar surface area (TPSA) is 83.1 Å². The van der Waals surface area contributed by atoms with Gasteiger partial charge < -0.3 is 30.1 Å².